The summed E-state index contributed by atoms with van der Waals surface area (Å²) in [6, 6.07) is 23.3. The normalized spacial score (nSPS) is 16.7. The second-order valence-electron chi connectivity index (χ2n) is 7.83. The molecule has 0 amide bonds. The van der Waals surface area contributed by atoms with Crippen molar-refractivity contribution in [1.29, 1.82) is 0 Å². The molecule has 3 aromatic rings. The molecule has 0 aromatic heterocycles. The summed E-state index contributed by atoms with van der Waals surface area (Å²) in [5, 5.41) is 0.638. The molecule has 170 valence electrons. The highest BCUT2D eigenvalue weighted by Crippen LogP contribution is 2.43. The lowest BCUT2D eigenvalue weighted by atomic mass is 9.84. The first kappa shape index (κ1) is 23.6. The number of ether oxygens (including phenoxy) is 1. The number of benzene rings is 3. The zero-order valence-corrected chi connectivity index (χ0v) is 20.4. The average Bonchev–Trinajstić information content (AvgIpc) is 2.82. The van der Waals surface area contributed by atoms with E-state index in [-0.39, 0.29) is 28.8 Å². The standard InChI is InChI=1S/C26H23ClO4S2/c1-31-21-11-13-22(14-12-21)32-26-16-19(18-7-9-20(27)10-8-18)15-25(28)24(26)17-33(29,30)23-5-3-2-4-6-23/h2-14,19H,15-17H2,1H3. The number of hydrogen-bond acceptors (Lipinski definition) is 5. The molecule has 0 N–H and O–H groups in total. The molecule has 4 rings (SSSR count). The van der Waals surface area contributed by atoms with Crippen LogP contribution in [0.25, 0.3) is 0 Å². The number of hydrogen-bond donors (Lipinski definition) is 0. The summed E-state index contributed by atoms with van der Waals surface area (Å²) >= 11 is 7.48. The van der Waals surface area contributed by atoms with Gasteiger partial charge in [-0.25, -0.2) is 8.42 Å². The first-order valence-electron chi connectivity index (χ1n) is 10.5. The maximum Gasteiger partial charge on any atom is 0.182 e. The number of sulfone groups is 1. The molecule has 33 heavy (non-hydrogen) atoms. The number of allylic oxidation sites excluding steroid dienone is 1. The van der Waals surface area contributed by atoms with Crippen LogP contribution in [0, 0.1) is 0 Å². The third-order valence-corrected chi connectivity index (χ3v) is 8.69. The third kappa shape index (κ3) is 5.69. The van der Waals surface area contributed by atoms with Crippen molar-refractivity contribution in [2.45, 2.75) is 28.6 Å². The summed E-state index contributed by atoms with van der Waals surface area (Å²) in [7, 11) is -2.04. The molecule has 1 atom stereocenters. The van der Waals surface area contributed by atoms with Crippen molar-refractivity contribution in [3.05, 3.63) is 99.9 Å². The molecule has 0 bridgehead atoms. The highest BCUT2D eigenvalue weighted by molar-refractivity contribution is 8.03. The molecule has 0 spiro atoms. The summed E-state index contributed by atoms with van der Waals surface area (Å²) in [6.07, 6.45) is 0.859. The van der Waals surface area contributed by atoms with Crippen LogP contribution in [0.15, 0.2) is 99.1 Å². The van der Waals surface area contributed by atoms with Crippen LogP contribution >= 0.6 is 23.4 Å². The van der Waals surface area contributed by atoms with E-state index in [1.54, 1.807) is 37.4 Å². The Morgan fingerprint density at radius 3 is 2.24 bits per heavy atom. The van der Waals surface area contributed by atoms with Crippen LogP contribution in [0.1, 0.15) is 24.3 Å². The molecule has 0 heterocycles. The van der Waals surface area contributed by atoms with Crippen molar-refractivity contribution in [1.82, 2.24) is 0 Å². The molecule has 3 aromatic carbocycles. The van der Waals surface area contributed by atoms with Crippen molar-refractivity contribution in [2.24, 2.45) is 0 Å². The Morgan fingerprint density at radius 1 is 0.939 bits per heavy atom. The predicted molar refractivity (Wildman–Crippen MR) is 133 cm³/mol. The van der Waals surface area contributed by atoms with Gasteiger partial charge in [0.15, 0.2) is 15.6 Å². The Morgan fingerprint density at radius 2 is 1.61 bits per heavy atom. The predicted octanol–water partition coefficient (Wildman–Crippen LogP) is 6.32. The van der Waals surface area contributed by atoms with E-state index in [1.165, 1.54) is 11.8 Å². The summed E-state index contributed by atoms with van der Waals surface area (Å²) < 4.78 is 31.4. The molecule has 0 radical (unpaired) electrons. The highest BCUT2D eigenvalue weighted by atomic mass is 35.5. The second-order valence-corrected chi connectivity index (χ2v) is 11.4. The number of thioether (sulfide) groups is 1. The van der Waals surface area contributed by atoms with Gasteiger partial charge in [-0.2, -0.15) is 0 Å². The fourth-order valence-electron chi connectivity index (χ4n) is 3.84. The Balaban J connectivity index is 1.70. The summed E-state index contributed by atoms with van der Waals surface area (Å²) in [6.45, 7) is 0. The number of Topliss-reactive ketones (excluding diaryl/α,β-unsaturated/α-hetero) is 1. The Kier molecular flexibility index (Phi) is 7.27. The maximum atomic E-state index is 13.3. The maximum absolute atomic E-state index is 13.3. The lowest BCUT2D eigenvalue weighted by molar-refractivity contribution is -0.116. The number of ketones is 1. The Labute approximate surface area is 203 Å². The minimum atomic E-state index is -3.65. The van der Waals surface area contributed by atoms with E-state index in [9.17, 15) is 13.2 Å². The molecular weight excluding hydrogens is 476 g/mol. The molecule has 7 heteroatoms. The van der Waals surface area contributed by atoms with E-state index in [4.69, 9.17) is 16.3 Å². The van der Waals surface area contributed by atoms with Crippen LogP contribution in [0.5, 0.6) is 5.75 Å². The van der Waals surface area contributed by atoms with Crippen molar-refractivity contribution in [3.63, 3.8) is 0 Å². The molecular formula is C26H23ClO4S2. The topological polar surface area (TPSA) is 60.4 Å². The molecule has 0 fully saturated rings. The smallest absolute Gasteiger partial charge is 0.182 e. The first-order chi connectivity index (χ1) is 15.9. The van der Waals surface area contributed by atoms with Crippen LogP contribution in [-0.2, 0) is 14.6 Å². The molecule has 4 nitrogen and oxygen atoms in total. The largest absolute Gasteiger partial charge is 0.497 e. The fraction of sp³-hybridized carbons (Fsp3) is 0.192. The van der Waals surface area contributed by atoms with E-state index in [0.29, 0.717) is 17.0 Å². The second kappa shape index (κ2) is 10.2. The van der Waals surface area contributed by atoms with Crippen LogP contribution in [0.3, 0.4) is 0 Å². The van der Waals surface area contributed by atoms with Crippen molar-refractivity contribution >= 4 is 39.0 Å². The average molecular weight is 499 g/mol. The van der Waals surface area contributed by atoms with Gasteiger partial charge in [0.1, 0.15) is 5.75 Å². The van der Waals surface area contributed by atoms with E-state index in [2.05, 4.69) is 0 Å². The fourth-order valence-corrected chi connectivity index (χ4v) is 6.67. The zero-order valence-electron chi connectivity index (χ0n) is 18.0. The minimum absolute atomic E-state index is 0.0290. The zero-order chi connectivity index (χ0) is 23.4. The monoisotopic (exact) mass is 498 g/mol. The molecule has 1 unspecified atom stereocenters. The van der Waals surface area contributed by atoms with Crippen LogP contribution in [0.2, 0.25) is 5.02 Å². The lowest BCUT2D eigenvalue weighted by Gasteiger charge is -2.26. The number of halogens is 1. The van der Waals surface area contributed by atoms with E-state index >= 15 is 0 Å². The number of carbonyl (C=O) groups is 1. The Bertz CT molecular complexity index is 1270. The lowest BCUT2D eigenvalue weighted by Crippen LogP contribution is -2.23. The Hall–Kier alpha value is -2.54. The molecule has 1 aliphatic rings. The molecule has 0 aliphatic heterocycles. The van der Waals surface area contributed by atoms with Gasteiger partial charge in [0.05, 0.1) is 17.8 Å². The van der Waals surface area contributed by atoms with Crippen molar-refractivity contribution in [2.75, 3.05) is 12.9 Å². The first-order valence-corrected chi connectivity index (χ1v) is 13.3. The quantitative estimate of drug-likeness (QED) is 0.381. The minimum Gasteiger partial charge on any atom is -0.497 e. The van der Waals surface area contributed by atoms with Gasteiger partial charge in [-0.05, 0) is 71.3 Å². The van der Waals surface area contributed by atoms with Gasteiger partial charge in [0.25, 0.3) is 0 Å². The summed E-state index contributed by atoms with van der Waals surface area (Å²) in [5.41, 5.74) is 1.40. The van der Waals surface area contributed by atoms with Crippen LogP contribution in [-0.4, -0.2) is 27.1 Å². The van der Waals surface area contributed by atoms with E-state index in [1.807, 2.05) is 48.5 Å². The van der Waals surface area contributed by atoms with Gasteiger partial charge in [-0.15, -0.1) is 0 Å². The molecule has 0 saturated carbocycles. The van der Waals surface area contributed by atoms with Gasteiger partial charge < -0.3 is 4.74 Å². The number of carbonyl (C=O) groups excluding carboxylic acids is 1. The summed E-state index contributed by atoms with van der Waals surface area (Å²) in [4.78, 5) is 15.2. The highest BCUT2D eigenvalue weighted by Gasteiger charge is 2.32. The van der Waals surface area contributed by atoms with Crippen LogP contribution in [0.4, 0.5) is 0 Å². The summed E-state index contributed by atoms with van der Waals surface area (Å²) in [5.74, 6) is 0.274. The number of rotatable bonds is 7. The van der Waals surface area contributed by atoms with Gasteiger partial charge in [-0.1, -0.05) is 53.7 Å². The van der Waals surface area contributed by atoms with E-state index < -0.39 is 9.84 Å². The molecule has 0 saturated heterocycles. The molecule has 1 aliphatic carbocycles. The van der Waals surface area contributed by atoms with Gasteiger partial charge in [0, 0.05) is 21.9 Å². The SMILES string of the molecule is COc1ccc(SC2=C(CS(=O)(=O)c3ccccc3)C(=O)CC(c3ccc(Cl)cc3)C2)cc1. The third-order valence-electron chi connectivity index (χ3n) is 5.62. The number of methoxy groups -OCH3 is 1. The van der Waals surface area contributed by atoms with Crippen molar-refractivity contribution < 1.29 is 17.9 Å². The van der Waals surface area contributed by atoms with Gasteiger partial charge >= 0.3 is 0 Å². The van der Waals surface area contributed by atoms with E-state index in [0.717, 1.165) is 21.1 Å². The van der Waals surface area contributed by atoms with Gasteiger partial charge in [0.2, 0.25) is 0 Å². The van der Waals surface area contributed by atoms with Crippen LogP contribution < -0.4 is 4.74 Å². The van der Waals surface area contributed by atoms with Crippen molar-refractivity contribution in [3.8, 4) is 5.75 Å². The van der Waals surface area contributed by atoms with Gasteiger partial charge in [-0.3, -0.25) is 4.79 Å².